The molecule has 1 saturated heterocycles. The molecule has 0 radical (unpaired) electrons. The molecule has 2 aromatic rings. The van der Waals surface area contributed by atoms with Gasteiger partial charge in [0.2, 0.25) is 11.7 Å². The molecular formula is C13H16BrN5O. The standard InChI is InChI=1S/C13H16BrN5O/c1-9(19-7-5-15-6-8-19)13-17-12(18-20-13)11-10(14)3-2-4-16-11/h2-4,9,15H,5-8H2,1H3. The minimum atomic E-state index is 0.126. The van der Waals surface area contributed by atoms with Gasteiger partial charge in [-0.25, -0.2) is 0 Å². The van der Waals surface area contributed by atoms with Crippen molar-refractivity contribution in [1.29, 1.82) is 0 Å². The number of nitrogens with zero attached hydrogens (tertiary/aromatic N) is 4. The molecule has 2 aromatic heterocycles. The maximum absolute atomic E-state index is 5.41. The zero-order chi connectivity index (χ0) is 13.9. The van der Waals surface area contributed by atoms with E-state index in [0.717, 1.165) is 30.7 Å². The van der Waals surface area contributed by atoms with E-state index in [4.69, 9.17) is 4.52 Å². The molecule has 0 saturated carbocycles. The van der Waals surface area contributed by atoms with Crippen LogP contribution >= 0.6 is 15.9 Å². The molecular weight excluding hydrogens is 322 g/mol. The predicted molar refractivity (Wildman–Crippen MR) is 78.1 cm³/mol. The van der Waals surface area contributed by atoms with Crippen LogP contribution in [0.25, 0.3) is 11.5 Å². The highest BCUT2D eigenvalue weighted by atomic mass is 79.9. The second-order valence-corrected chi connectivity index (χ2v) is 5.61. The third-order valence-corrected chi connectivity index (χ3v) is 4.11. The van der Waals surface area contributed by atoms with Gasteiger partial charge in [0.05, 0.1) is 6.04 Å². The second-order valence-electron chi connectivity index (χ2n) is 4.75. The first-order valence-corrected chi connectivity index (χ1v) is 7.44. The fourth-order valence-corrected chi connectivity index (χ4v) is 2.71. The molecule has 1 aliphatic rings. The number of aromatic nitrogens is 3. The Hall–Kier alpha value is -1.31. The molecule has 1 fully saturated rings. The van der Waals surface area contributed by atoms with Crippen molar-refractivity contribution < 1.29 is 4.52 Å². The summed E-state index contributed by atoms with van der Waals surface area (Å²) in [6.07, 6.45) is 1.72. The molecule has 3 rings (SSSR count). The highest BCUT2D eigenvalue weighted by Gasteiger charge is 2.23. The van der Waals surface area contributed by atoms with Crippen molar-refractivity contribution in [2.75, 3.05) is 26.2 Å². The van der Waals surface area contributed by atoms with E-state index >= 15 is 0 Å². The van der Waals surface area contributed by atoms with Crippen LogP contribution in [-0.4, -0.2) is 46.2 Å². The number of rotatable bonds is 3. The minimum absolute atomic E-state index is 0.126. The van der Waals surface area contributed by atoms with E-state index in [9.17, 15) is 0 Å². The Labute approximate surface area is 125 Å². The zero-order valence-electron chi connectivity index (χ0n) is 11.2. The highest BCUT2D eigenvalue weighted by Crippen LogP contribution is 2.25. The van der Waals surface area contributed by atoms with Crippen LogP contribution in [0.4, 0.5) is 0 Å². The Morgan fingerprint density at radius 3 is 2.95 bits per heavy atom. The van der Waals surface area contributed by atoms with Gasteiger partial charge in [0, 0.05) is 36.8 Å². The van der Waals surface area contributed by atoms with Gasteiger partial charge in [0.15, 0.2) is 0 Å². The first-order valence-electron chi connectivity index (χ1n) is 6.65. The molecule has 1 aliphatic heterocycles. The lowest BCUT2D eigenvalue weighted by atomic mass is 10.2. The van der Waals surface area contributed by atoms with Crippen molar-refractivity contribution in [3.8, 4) is 11.5 Å². The third kappa shape index (κ3) is 2.74. The fourth-order valence-electron chi connectivity index (χ4n) is 2.28. The fraction of sp³-hybridized carbons (Fsp3) is 0.462. The summed E-state index contributed by atoms with van der Waals surface area (Å²) < 4.78 is 6.27. The van der Waals surface area contributed by atoms with E-state index in [1.807, 2.05) is 12.1 Å². The van der Waals surface area contributed by atoms with Gasteiger partial charge < -0.3 is 9.84 Å². The molecule has 0 spiro atoms. The lowest BCUT2D eigenvalue weighted by Gasteiger charge is -2.30. The maximum atomic E-state index is 5.41. The van der Waals surface area contributed by atoms with E-state index in [2.05, 4.69) is 48.2 Å². The smallest absolute Gasteiger partial charge is 0.244 e. The van der Waals surface area contributed by atoms with Gasteiger partial charge in [-0.05, 0) is 35.0 Å². The molecule has 7 heteroatoms. The van der Waals surface area contributed by atoms with Gasteiger partial charge in [0.25, 0.3) is 0 Å². The lowest BCUT2D eigenvalue weighted by Crippen LogP contribution is -2.44. The van der Waals surface area contributed by atoms with Crippen molar-refractivity contribution in [3.05, 3.63) is 28.7 Å². The van der Waals surface area contributed by atoms with E-state index < -0.39 is 0 Å². The van der Waals surface area contributed by atoms with Gasteiger partial charge in [-0.2, -0.15) is 4.98 Å². The van der Waals surface area contributed by atoms with Crippen molar-refractivity contribution >= 4 is 15.9 Å². The molecule has 0 amide bonds. The average Bonchev–Trinajstić information content (AvgIpc) is 2.97. The first kappa shape index (κ1) is 13.7. The first-order chi connectivity index (χ1) is 9.75. The SMILES string of the molecule is CC(c1nc(-c2ncccc2Br)no1)N1CCNCC1. The van der Waals surface area contributed by atoms with Crippen LogP contribution < -0.4 is 5.32 Å². The van der Waals surface area contributed by atoms with Gasteiger partial charge in [-0.1, -0.05) is 5.16 Å². The monoisotopic (exact) mass is 337 g/mol. The summed E-state index contributed by atoms with van der Waals surface area (Å²) in [7, 11) is 0. The predicted octanol–water partition coefficient (Wildman–Crippen LogP) is 1.86. The molecule has 0 aromatic carbocycles. The topological polar surface area (TPSA) is 67.1 Å². The largest absolute Gasteiger partial charge is 0.337 e. The number of hydrogen-bond acceptors (Lipinski definition) is 6. The summed E-state index contributed by atoms with van der Waals surface area (Å²) in [6, 6.07) is 3.90. The molecule has 3 heterocycles. The normalized spacial score (nSPS) is 18.1. The number of nitrogens with one attached hydrogen (secondary N) is 1. The molecule has 20 heavy (non-hydrogen) atoms. The molecule has 0 aliphatic carbocycles. The van der Waals surface area contributed by atoms with E-state index in [0.29, 0.717) is 17.4 Å². The Morgan fingerprint density at radius 1 is 1.40 bits per heavy atom. The summed E-state index contributed by atoms with van der Waals surface area (Å²) in [4.78, 5) is 11.1. The van der Waals surface area contributed by atoms with Gasteiger partial charge in [-0.15, -0.1) is 0 Å². The Kier molecular flexibility index (Phi) is 4.09. The maximum Gasteiger partial charge on any atom is 0.244 e. The average molecular weight is 338 g/mol. The Balaban J connectivity index is 1.81. The van der Waals surface area contributed by atoms with Crippen molar-refractivity contribution in [2.45, 2.75) is 13.0 Å². The molecule has 1 unspecified atom stereocenters. The molecule has 106 valence electrons. The Bertz CT molecular complexity index is 582. The summed E-state index contributed by atoms with van der Waals surface area (Å²) in [5.74, 6) is 1.16. The number of halogens is 1. The van der Waals surface area contributed by atoms with Crippen LogP contribution in [0, 0.1) is 0 Å². The highest BCUT2D eigenvalue weighted by molar-refractivity contribution is 9.10. The van der Waals surface area contributed by atoms with Crippen LogP contribution in [0.2, 0.25) is 0 Å². The van der Waals surface area contributed by atoms with Crippen molar-refractivity contribution in [3.63, 3.8) is 0 Å². The Morgan fingerprint density at radius 2 is 2.20 bits per heavy atom. The summed E-state index contributed by atoms with van der Waals surface area (Å²) >= 11 is 3.45. The van der Waals surface area contributed by atoms with Crippen molar-refractivity contribution in [1.82, 2.24) is 25.3 Å². The van der Waals surface area contributed by atoms with Crippen LogP contribution in [-0.2, 0) is 0 Å². The molecule has 0 bridgehead atoms. The lowest BCUT2D eigenvalue weighted by molar-refractivity contribution is 0.154. The summed E-state index contributed by atoms with van der Waals surface area (Å²) in [6.45, 7) is 6.07. The van der Waals surface area contributed by atoms with E-state index in [-0.39, 0.29) is 6.04 Å². The zero-order valence-corrected chi connectivity index (χ0v) is 12.8. The van der Waals surface area contributed by atoms with Gasteiger partial charge >= 0.3 is 0 Å². The number of hydrogen-bond donors (Lipinski definition) is 1. The second kappa shape index (κ2) is 5.99. The van der Waals surface area contributed by atoms with Crippen molar-refractivity contribution in [2.24, 2.45) is 0 Å². The minimum Gasteiger partial charge on any atom is -0.337 e. The van der Waals surface area contributed by atoms with Crippen LogP contribution in [0.5, 0.6) is 0 Å². The van der Waals surface area contributed by atoms with Gasteiger partial charge in [-0.3, -0.25) is 9.88 Å². The van der Waals surface area contributed by atoms with E-state index in [1.54, 1.807) is 6.20 Å². The number of piperazine rings is 1. The van der Waals surface area contributed by atoms with Gasteiger partial charge in [0.1, 0.15) is 5.69 Å². The molecule has 1 atom stereocenters. The quantitative estimate of drug-likeness (QED) is 0.922. The van der Waals surface area contributed by atoms with E-state index in [1.165, 1.54) is 0 Å². The van der Waals surface area contributed by atoms with Crippen LogP contribution in [0.1, 0.15) is 18.9 Å². The summed E-state index contributed by atoms with van der Waals surface area (Å²) in [5, 5.41) is 7.38. The third-order valence-electron chi connectivity index (χ3n) is 3.47. The molecule has 1 N–H and O–H groups in total. The van der Waals surface area contributed by atoms with Crippen LogP contribution in [0.3, 0.4) is 0 Å². The summed E-state index contributed by atoms with van der Waals surface area (Å²) in [5.41, 5.74) is 0.704. The van der Waals surface area contributed by atoms with Crippen LogP contribution in [0.15, 0.2) is 27.3 Å². The number of pyridine rings is 1. The molecule has 6 nitrogen and oxygen atoms in total.